The van der Waals surface area contributed by atoms with Crippen molar-refractivity contribution in [2.75, 3.05) is 0 Å². The van der Waals surface area contributed by atoms with Crippen LogP contribution in [0.5, 0.6) is 0 Å². The lowest BCUT2D eigenvalue weighted by Gasteiger charge is -1.95. The first-order valence-electron chi connectivity index (χ1n) is 4.49. The van der Waals surface area contributed by atoms with E-state index in [-0.39, 0.29) is 0 Å². The van der Waals surface area contributed by atoms with Gasteiger partial charge >= 0.3 is 5.97 Å². The lowest BCUT2D eigenvalue weighted by molar-refractivity contribution is -0.131. The Morgan fingerprint density at radius 3 is 3.07 bits per heavy atom. The molecule has 2 rings (SSSR count). The minimum Gasteiger partial charge on any atom is -0.478 e. The van der Waals surface area contributed by atoms with Gasteiger partial charge in [0.2, 0.25) is 0 Å². The number of benzene rings is 1. The summed E-state index contributed by atoms with van der Waals surface area (Å²) >= 11 is 0. The normalized spacial score (nSPS) is 11.3. The predicted molar refractivity (Wildman–Crippen MR) is 57.4 cm³/mol. The zero-order valence-corrected chi connectivity index (χ0v) is 8.21. The molecule has 1 heterocycles. The van der Waals surface area contributed by atoms with Gasteiger partial charge in [0.1, 0.15) is 0 Å². The fraction of sp³-hybridized carbons (Fsp3) is 0.0909. The predicted octanol–water partition coefficient (Wildman–Crippen LogP) is 1.67. The van der Waals surface area contributed by atoms with Gasteiger partial charge in [-0.1, -0.05) is 6.07 Å². The zero-order valence-electron chi connectivity index (χ0n) is 8.21. The Hall–Kier alpha value is -2.10. The maximum Gasteiger partial charge on any atom is 0.328 e. The van der Waals surface area contributed by atoms with E-state index in [0.29, 0.717) is 0 Å². The lowest BCUT2D eigenvalue weighted by Crippen LogP contribution is -1.88. The number of carboxylic acids is 1. The number of aryl methyl sites for hydroxylation is 1. The van der Waals surface area contributed by atoms with Crippen LogP contribution in [0.1, 0.15) is 5.56 Å². The Bertz CT molecular complexity index is 541. The van der Waals surface area contributed by atoms with Gasteiger partial charge in [-0.3, -0.25) is 4.68 Å². The quantitative estimate of drug-likeness (QED) is 0.753. The monoisotopic (exact) mass is 202 g/mol. The lowest BCUT2D eigenvalue weighted by atomic mass is 10.1. The molecule has 76 valence electrons. The van der Waals surface area contributed by atoms with Crippen LogP contribution >= 0.6 is 0 Å². The molecule has 2 aromatic rings. The van der Waals surface area contributed by atoms with Crippen molar-refractivity contribution in [1.29, 1.82) is 0 Å². The summed E-state index contributed by atoms with van der Waals surface area (Å²) in [5, 5.41) is 13.6. The van der Waals surface area contributed by atoms with Crippen LogP contribution in [0, 0.1) is 0 Å². The average Bonchev–Trinajstić information content (AvgIpc) is 2.57. The molecule has 0 bridgehead atoms. The summed E-state index contributed by atoms with van der Waals surface area (Å²) < 4.78 is 1.78. The summed E-state index contributed by atoms with van der Waals surface area (Å²) in [4.78, 5) is 10.3. The highest BCUT2D eigenvalue weighted by Crippen LogP contribution is 2.15. The Morgan fingerprint density at radius 1 is 1.53 bits per heavy atom. The molecule has 0 spiro atoms. The second kappa shape index (κ2) is 3.57. The number of carbonyl (C=O) groups is 1. The van der Waals surface area contributed by atoms with Crippen LogP contribution in [-0.4, -0.2) is 20.9 Å². The van der Waals surface area contributed by atoms with Gasteiger partial charge in [-0.2, -0.15) is 5.10 Å². The third-order valence-corrected chi connectivity index (χ3v) is 2.19. The number of carboxylic acid groups (broad SMARTS) is 1. The number of aliphatic carboxylic acids is 1. The Morgan fingerprint density at radius 2 is 2.33 bits per heavy atom. The van der Waals surface area contributed by atoms with Crippen molar-refractivity contribution in [2.45, 2.75) is 0 Å². The highest BCUT2D eigenvalue weighted by atomic mass is 16.4. The molecule has 0 aliphatic rings. The number of hydrogen-bond donors (Lipinski definition) is 1. The molecule has 1 aromatic carbocycles. The van der Waals surface area contributed by atoms with E-state index in [2.05, 4.69) is 5.10 Å². The molecule has 0 aliphatic heterocycles. The van der Waals surface area contributed by atoms with Crippen molar-refractivity contribution in [3.05, 3.63) is 36.0 Å². The molecule has 0 saturated heterocycles. The first-order valence-corrected chi connectivity index (χ1v) is 4.49. The number of aromatic nitrogens is 2. The van der Waals surface area contributed by atoms with Crippen LogP contribution in [-0.2, 0) is 11.8 Å². The smallest absolute Gasteiger partial charge is 0.328 e. The number of nitrogens with zero attached hydrogens (tertiary/aromatic N) is 2. The number of hydrogen-bond acceptors (Lipinski definition) is 2. The van der Waals surface area contributed by atoms with Gasteiger partial charge in [0.25, 0.3) is 0 Å². The first-order chi connectivity index (χ1) is 7.16. The molecule has 0 fully saturated rings. The van der Waals surface area contributed by atoms with Crippen LogP contribution in [0.3, 0.4) is 0 Å². The van der Waals surface area contributed by atoms with Gasteiger partial charge in [-0.05, 0) is 23.8 Å². The molecule has 4 nitrogen and oxygen atoms in total. The van der Waals surface area contributed by atoms with E-state index in [1.54, 1.807) is 17.0 Å². The standard InChI is InChI=1S/C11H10N2O2/c1-13-10-4-2-8(3-5-11(14)15)6-9(10)7-12-13/h2-7H,1H3,(H,14,15)/b5-3+. The minimum atomic E-state index is -0.943. The highest BCUT2D eigenvalue weighted by Gasteiger charge is 1.98. The van der Waals surface area contributed by atoms with Gasteiger partial charge in [-0.25, -0.2) is 4.79 Å². The van der Waals surface area contributed by atoms with E-state index in [1.165, 1.54) is 0 Å². The topological polar surface area (TPSA) is 55.1 Å². The highest BCUT2D eigenvalue weighted by molar-refractivity contribution is 5.87. The molecule has 1 N–H and O–H groups in total. The molecule has 0 aliphatic carbocycles. The molecule has 0 atom stereocenters. The van der Waals surface area contributed by atoms with E-state index in [4.69, 9.17) is 5.11 Å². The van der Waals surface area contributed by atoms with Crippen LogP contribution in [0.25, 0.3) is 17.0 Å². The van der Waals surface area contributed by atoms with Gasteiger partial charge in [-0.15, -0.1) is 0 Å². The van der Waals surface area contributed by atoms with Crippen LogP contribution in [0.4, 0.5) is 0 Å². The largest absolute Gasteiger partial charge is 0.478 e. The molecule has 0 unspecified atom stereocenters. The molecule has 1 aromatic heterocycles. The van der Waals surface area contributed by atoms with Crippen molar-refractivity contribution in [3.63, 3.8) is 0 Å². The fourth-order valence-electron chi connectivity index (χ4n) is 1.45. The molecule has 0 radical (unpaired) electrons. The summed E-state index contributed by atoms with van der Waals surface area (Å²) in [6.45, 7) is 0. The summed E-state index contributed by atoms with van der Waals surface area (Å²) in [6.07, 6.45) is 4.44. The van der Waals surface area contributed by atoms with Crippen LogP contribution < -0.4 is 0 Å². The van der Waals surface area contributed by atoms with E-state index in [1.807, 2.05) is 25.2 Å². The van der Waals surface area contributed by atoms with Crippen LogP contribution in [0.15, 0.2) is 30.5 Å². The van der Waals surface area contributed by atoms with E-state index < -0.39 is 5.97 Å². The van der Waals surface area contributed by atoms with Gasteiger partial charge in [0.05, 0.1) is 11.7 Å². The molecule has 4 heteroatoms. The maximum atomic E-state index is 10.3. The van der Waals surface area contributed by atoms with Crippen molar-refractivity contribution in [1.82, 2.24) is 9.78 Å². The Labute approximate surface area is 86.4 Å². The Balaban J connectivity index is 2.43. The second-order valence-electron chi connectivity index (χ2n) is 3.26. The molecule has 15 heavy (non-hydrogen) atoms. The fourth-order valence-corrected chi connectivity index (χ4v) is 1.45. The summed E-state index contributed by atoms with van der Waals surface area (Å²) in [7, 11) is 1.87. The maximum absolute atomic E-state index is 10.3. The number of fused-ring (bicyclic) bond motifs is 1. The third kappa shape index (κ3) is 1.88. The van der Waals surface area contributed by atoms with Crippen LogP contribution in [0.2, 0.25) is 0 Å². The minimum absolute atomic E-state index is 0.859. The van der Waals surface area contributed by atoms with Crippen molar-refractivity contribution in [2.24, 2.45) is 7.05 Å². The van der Waals surface area contributed by atoms with Gasteiger partial charge in [0.15, 0.2) is 0 Å². The molecule has 0 amide bonds. The summed E-state index contributed by atoms with van der Waals surface area (Å²) in [5.41, 5.74) is 1.89. The summed E-state index contributed by atoms with van der Waals surface area (Å²) in [5.74, 6) is -0.943. The SMILES string of the molecule is Cn1ncc2cc(/C=C/C(=O)O)ccc21. The summed E-state index contributed by atoms with van der Waals surface area (Å²) in [6, 6.07) is 5.69. The van der Waals surface area contributed by atoms with Crippen molar-refractivity contribution < 1.29 is 9.90 Å². The first kappa shape index (κ1) is 9.45. The third-order valence-electron chi connectivity index (χ3n) is 2.19. The zero-order chi connectivity index (χ0) is 10.8. The van der Waals surface area contributed by atoms with Gasteiger partial charge < -0.3 is 5.11 Å². The van der Waals surface area contributed by atoms with Crippen molar-refractivity contribution >= 4 is 22.9 Å². The van der Waals surface area contributed by atoms with Gasteiger partial charge in [0, 0.05) is 18.5 Å². The number of rotatable bonds is 2. The Kier molecular flexibility index (Phi) is 2.25. The average molecular weight is 202 g/mol. The van der Waals surface area contributed by atoms with E-state index in [0.717, 1.165) is 22.5 Å². The van der Waals surface area contributed by atoms with E-state index >= 15 is 0 Å². The van der Waals surface area contributed by atoms with Crippen molar-refractivity contribution in [3.8, 4) is 0 Å². The molecular formula is C11H10N2O2. The molecule has 0 saturated carbocycles. The molecular weight excluding hydrogens is 192 g/mol. The van der Waals surface area contributed by atoms with E-state index in [9.17, 15) is 4.79 Å². The second-order valence-corrected chi connectivity index (χ2v) is 3.26.